The molecular weight excluding hydrogens is 572 g/mol. The third-order valence-corrected chi connectivity index (χ3v) is 7.75. The summed E-state index contributed by atoms with van der Waals surface area (Å²) in [4.78, 5) is 11.1. The van der Waals surface area contributed by atoms with Crippen LogP contribution in [0.3, 0.4) is 0 Å². The number of halogens is 3. The Morgan fingerprint density at radius 1 is 1.07 bits per heavy atom. The number of aryl methyl sites for hydroxylation is 2. The molecule has 0 amide bonds. The molecule has 1 aromatic carbocycles. The van der Waals surface area contributed by atoms with E-state index in [-0.39, 0.29) is 0 Å². The maximum absolute atomic E-state index is 7.16. The van der Waals surface area contributed by atoms with E-state index in [0.29, 0.717) is 12.5 Å². The van der Waals surface area contributed by atoms with Gasteiger partial charge in [-0.05, 0) is 89.2 Å². The van der Waals surface area contributed by atoms with Gasteiger partial charge in [0.2, 0.25) is 6.54 Å². The second kappa shape index (κ2) is 8.64. The molecule has 156 valence electrons. The first kappa shape index (κ1) is 21.9. The van der Waals surface area contributed by atoms with Gasteiger partial charge in [0.05, 0.1) is 5.69 Å². The fourth-order valence-corrected chi connectivity index (χ4v) is 7.04. The molecule has 0 radical (unpaired) electrons. The summed E-state index contributed by atoms with van der Waals surface area (Å²) in [5.41, 5.74) is 6.79. The summed E-state index contributed by atoms with van der Waals surface area (Å²) in [5.74, 6) is 0.527. The van der Waals surface area contributed by atoms with Crippen molar-refractivity contribution in [2.45, 2.75) is 33.6 Å². The largest absolute Gasteiger partial charge is 0.371 e. The molecule has 1 fully saturated rings. The van der Waals surface area contributed by atoms with Crippen LogP contribution in [0, 0.1) is 33.3 Å². The molecule has 30 heavy (non-hydrogen) atoms. The molecule has 0 N–H and O–H groups in total. The van der Waals surface area contributed by atoms with Gasteiger partial charge in [0, 0.05) is 54.9 Å². The Labute approximate surface area is 202 Å². The molecule has 4 nitrogen and oxygen atoms in total. The Morgan fingerprint density at radius 2 is 1.70 bits per heavy atom. The van der Waals surface area contributed by atoms with Gasteiger partial charge in [0.1, 0.15) is 5.65 Å². The van der Waals surface area contributed by atoms with Gasteiger partial charge >= 0.3 is 0 Å². The van der Waals surface area contributed by atoms with E-state index in [4.69, 9.17) is 11.6 Å². The van der Waals surface area contributed by atoms with Gasteiger partial charge in [-0.1, -0.05) is 15.9 Å². The molecule has 0 atom stereocenters. The minimum absolute atomic E-state index is 0.527. The molecule has 0 unspecified atom stereocenters. The van der Waals surface area contributed by atoms with Crippen LogP contribution in [0.15, 0.2) is 31.6 Å². The Balaban J connectivity index is 1.89. The summed E-state index contributed by atoms with van der Waals surface area (Å²) in [6.45, 7) is 16.2. The van der Waals surface area contributed by atoms with Gasteiger partial charge < -0.3 is 9.74 Å². The number of anilines is 1. The number of fused-ring (bicyclic) bond motifs is 1. The number of pyridine rings is 1. The third-order valence-electron chi connectivity index (χ3n) is 6.08. The summed E-state index contributed by atoms with van der Waals surface area (Å²) in [5, 5.41) is 1.23. The quantitative estimate of drug-likeness (QED) is 0.296. The number of nitrogens with zero attached hydrogens (tertiary/aromatic N) is 4. The first-order valence-electron chi connectivity index (χ1n) is 10.0. The van der Waals surface area contributed by atoms with Gasteiger partial charge in [-0.2, -0.15) is 0 Å². The summed E-state index contributed by atoms with van der Waals surface area (Å²) in [7, 11) is 0. The summed E-state index contributed by atoms with van der Waals surface area (Å²) in [6, 6.07) is 6.36. The van der Waals surface area contributed by atoms with Crippen LogP contribution in [0.5, 0.6) is 0 Å². The molecule has 2 aromatic heterocycles. The lowest BCUT2D eigenvalue weighted by Crippen LogP contribution is -2.34. The zero-order valence-electron chi connectivity index (χ0n) is 17.3. The van der Waals surface area contributed by atoms with E-state index in [9.17, 15) is 0 Å². The average molecular weight is 595 g/mol. The van der Waals surface area contributed by atoms with Crippen molar-refractivity contribution in [3.63, 3.8) is 0 Å². The van der Waals surface area contributed by atoms with E-state index < -0.39 is 0 Å². The molecule has 1 aliphatic rings. The first-order valence-corrected chi connectivity index (χ1v) is 12.4. The maximum Gasteiger partial charge on any atom is 0.217 e. The molecule has 0 spiro atoms. The molecular formula is C23H23Br3N4. The number of piperidine rings is 1. The van der Waals surface area contributed by atoms with Crippen molar-refractivity contribution in [2.75, 3.05) is 24.5 Å². The van der Waals surface area contributed by atoms with Gasteiger partial charge in [0.15, 0.2) is 0 Å². The van der Waals surface area contributed by atoms with Crippen LogP contribution in [0.2, 0.25) is 0 Å². The monoisotopic (exact) mass is 592 g/mol. The molecule has 1 saturated heterocycles. The number of hydrogen-bond acceptors (Lipinski definition) is 2. The first-order chi connectivity index (χ1) is 14.3. The standard InChI is InChI=1S/C23H23Br3N4/c1-13-9-20(29-7-5-16(6-8-29)12-27-4)21-14(2)15(3)30(23(21)28-13)22-18(25)10-17(24)11-19(22)26/h9-11,16H,5-8,12H2,1-3H3. The van der Waals surface area contributed by atoms with Crippen LogP contribution in [-0.4, -0.2) is 29.2 Å². The van der Waals surface area contributed by atoms with Crippen LogP contribution in [0.25, 0.3) is 21.6 Å². The summed E-state index contributed by atoms with van der Waals surface area (Å²) in [6.07, 6.45) is 2.15. The Hall–Kier alpha value is -1.36. The molecule has 1 aliphatic heterocycles. The Bertz CT molecular complexity index is 1140. The van der Waals surface area contributed by atoms with Crippen molar-refractivity contribution in [3.8, 4) is 5.69 Å². The minimum atomic E-state index is 0.527. The fraction of sp³-hybridized carbons (Fsp3) is 0.391. The van der Waals surface area contributed by atoms with E-state index in [1.54, 1.807) is 0 Å². The smallest absolute Gasteiger partial charge is 0.217 e. The minimum Gasteiger partial charge on any atom is -0.371 e. The Kier molecular flexibility index (Phi) is 6.30. The van der Waals surface area contributed by atoms with E-state index >= 15 is 0 Å². The zero-order valence-corrected chi connectivity index (χ0v) is 22.0. The molecule has 0 aliphatic carbocycles. The van der Waals surface area contributed by atoms with Crippen molar-refractivity contribution < 1.29 is 0 Å². The third kappa shape index (κ3) is 3.83. The van der Waals surface area contributed by atoms with Crippen LogP contribution in [0.4, 0.5) is 5.69 Å². The van der Waals surface area contributed by atoms with Crippen molar-refractivity contribution in [1.82, 2.24) is 9.55 Å². The maximum atomic E-state index is 7.16. The lowest BCUT2D eigenvalue weighted by atomic mass is 9.96. The molecule has 3 aromatic rings. The highest BCUT2D eigenvalue weighted by Gasteiger charge is 2.26. The molecule has 7 heteroatoms. The normalized spacial score (nSPS) is 15.0. The van der Waals surface area contributed by atoms with Crippen LogP contribution < -0.4 is 4.90 Å². The SMILES string of the molecule is [C-]#[N+]CC1CCN(c2cc(C)nc3c2c(C)c(C)n3-c2c(Br)cc(Br)cc2Br)CC1. The lowest BCUT2D eigenvalue weighted by Gasteiger charge is -2.32. The van der Waals surface area contributed by atoms with Crippen LogP contribution in [0.1, 0.15) is 29.8 Å². The molecule has 0 bridgehead atoms. The molecule has 4 rings (SSSR count). The van der Waals surface area contributed by atoms with Crippen molar-refractivity contribution in [3.05, 3.63) is 60.0 Å². The topological polar surface area (TPSA) is 25.4 Å². The van der Waals surface area contributed by atoms with E-state index in [1.807, 2.05) is 0 Å². The van der Waals surface area contributed by atoms with Gasteiger partial charge in [-0.3, -0.25) is 4.57 Å². The number of rotatable bonds is 3. The highest BCUT2D eigenvalue weighted by molar-refractivity contribution is 9.11. The second-order valence-corrected chi connectivity index (χ2v) is 10.6. The summed E-state index contributed by atoms with van der Waals surface area (Å²) >= 11 is 11.1. The van der Waals surface area contributed by atoms with Crippen molar-refractivity contribution in [1.29, 1.82) is 0 Å². The fourth-order valence-electron chi connectivity index (χ4n) is 4.43. The predicted molar refractivity (Wildman–Crippen MR) is 135 cm³/mol. The number of aromatic nitrogens is 2. The highest BCUT2D eigenvalue weighted by Crippen LogP contribution is 2.41. The average Bonchev–Trinajstić information content (AvgIpc) is 2.92. The van der Waals surface area contributed by atoms with Crippen LogP contribution >= 0.6 is 47.8 Å². The molecule has 3 heterocycles. The van der Waals surface area contributed by atoms with E-state index in [0.717, 1.165) is 56.4 Å². The van der Waals surface area contributed by atoms with Gasteiger partial charge in [-0.15, -0.1) is 0 Å². The number of hydrogen-bond donors (Lipinski definition) is 0. The lowest BCUT2D eigenvalue weighted by molar-refractivity contribution is 0.431. The van der Waals surface area contributed by atoms with Crippen molar-refractivity contribution >= 4 is 64.5 Å². The van der Waals surface area contributed by atoms with Gasteiger partial charge in [-0.25, -0.2) is 11.6 Å². The Morgan fingerprint density at radius 3 is 2.30 bits per heavy atom. The number of benzene rings is 1. The van der Waals surface area contributed by atoms with E-state index in [1.165, 1.54) is 22.3 Å². The predicted octanol–water partition coefficient (Wildman–Crippen LogP) is 7.37. The highest BCUT2D eigenvalue weighted by atomic mass is 79.9. The second-order valence-electron chi connectivity index (χ2n) is 8.02. The van der Waals surface area contributed by atoms with Gasteiger partial charge in [0.25, 0.3) is 0 Å². The van der Waals surface area contributed by atoms with Crippen molar-refractivity contribution in [2.24, 2.45) is 5.92 Å². The summed E-state index contributed by atoms with van der Waals surface area (Å²) < 4.78 is 5.29. The zero-order chi connectivity index (χ0) is 21.6. The molecule has 0 saturated carbocycles. The van der Waals surface area contributed by atoms with Crippen LogP contribution in [-0.2, 0) is 0 Å². The van der Waals surface area contributed by atoms with E-state index in [2.05, 4.69) is 101 Å².